The number of ether oxygens (including phenoxy) is 1. The average Bonchev–Trinajstić information content (AvgIpc) is 2.36. The van der Waals surface area contributed by atoms with Gasteiger partial charge in [-0.05, 0) is 52.5 Å². The number of methoxy groups -OCH3 is 1. The van der Waals surface area contributed by atoms with E-state index >= 15 is 0 Å². The lowest BCUT2D eigenvalue weighted by molar-refractivity contribution is -0.0456. The molecule has 3 nitrogen and oxygen atoms in total. The summed E-state index contributed by atoms with van der Waals surface area (Å²) in [6.45, 7) is 7.34. The third-order valence-electron chi connectivity index (χ3n) is 4.98. The van der Waals surface area contributed by atoms with Crippen LogP contribution in [0.25, 0.3) is 0 Å². The van der Waals surface area contributed by atoms with Crippen LogP contribution in [0.15, 0.2) is 0 Å². The van der Waals surface area contributed by atoms with Gasteiger partial charge in [0.2, 0.25) is 0 Å². The molecule has 0 spiro atoms. The van der Waals surface area contributed by atoms with Crippen LogP contribution in [-0.4, -0.2) is 43.3 Å². The summed E-state index contributed by atoms with van der Waals surface area (Å²) in [5.41, 5.74) is 5.94. The van der Waals surface area contributed by atoms with E-state index in [4.69, 9.17) is 10.5 Å². The molecule has 1 rings (SSSR count). The van der Waals surface area contributed by atoms with Crippen LogP contribution in [0.2, 0.25) is 0 Å². The summed E-state index contributed by atoms with van der Waals surface area (Å²) < 4.78 is 5.52. The fourth-order valence-corrected chi connectivity index (χ4v) is 2.90. The van der Waals surface area contributed by atoms with Crippen LogP contribution in [0.1, 0.15) is 46.5 Å². The van der Waals surface area contributed by atoms with E-state index in [1.807, 2.05) is 0 Å². The maximum absolute atomic E-state index is 6.00. The van der Waals surface area contributed by atoms with E-state index in [1.165, 1.54) is 25.7 Å². The van der Waals surface area contributed by atoms with E-state index < -0.39 is 0 Å². The van der Waals surface area contributed by atoms with Crippen molar-refractivity contribution < 1.29 is 4.74 Å². The number of likely N-dealkylation sites (N-methyl/N-ethyl adjacent to an activating group) is 1. The number of hydrogen-bond donors (Lipinski definition) is 1. The van der Waals surface area contributed by atoms with Crippen LogP contribution in [0.5, 0.6) is 0 Å². The summed E-state index contributed by atoms with van der Waals surface area (Å²) in [7, 11) is 3.98. The monoisotopic (exact) mass is 242 g/mol. The quantitative estimate of drug-likeness (QED) is 0.803. The lowest BCUT2D eigenvalue weighted by atomic mass is 9.83. The summed E-state index contributed by atoms with van der Waals surface area (Å²) >= 11 is 0. The van der Waals surface area contributed by atoms with Crippen molar-refractivity contribution in [2.45, 2.75) is 64.1 Å². The van der Waals surface area contributed by atoms with Crippen LogP contribution in [0.3, 0.4) is 0 Å². The van der Waals surface area contributed by atoms with Gasteiger partial charge < -0.3 is 10.5 Å². The Morgan fingerprint density at radius 2 is 1.88 bits per heavy atom. The van der Waals surface area contributed by atoms with Crippen LogP contribution >= 0.6 is 0 Å². The fraction of sp³-hybridized carbons (Fsp3) is 1.00. The predicted molar refractivity (Wildman–Crippen MR) is 73.1 cm³/mol. The summed E-state index contributed by atoms with van der Waals surface area (Å²) in [6.07, 6.45) is 5.44. The standard InChI is InChI=1S/C14H30N2O/c1-11-6-8-13(9-7-11)16(4)14(3,10-15)12(2)17-5/h11-13H,6-10,15H2,1-5H3. The minimum absolute atomic E-state index is 0.0556. The molecule has 0 saturated heterocycles. The second-order valence-corrected chi connectivity index (χ2v) is 5.96. The van der Waals surface area contributed by atoms with E-state index in [1.54, 1.807) is 7.11 Å². The van der Waals surface area contributed by atoms with Crippen LogP contribution in [0, 0.1) is 5.92 Å². The first kappa shape index (κ1) is 14.9. The lowest BCUT2D eigenvalue weighted by Gasteiger charge is -2.47. The Kier molecular flexibility index (Phi) is 5.42. The molecule has 2 unspecified atom stereocenters. The molecule has 2 atom stereocenters. The smallest absolute Gasteiger partial charge is 0.0736 e. The Balaban J connectivity index is 2.68. The fourth-order valence-electron chi connectivity index (χ4n) is 2.90. The molecule has 0 bridgehead atoms. The van der Waals surface area contributed by atoms with Gasteiger partial charge >= 0.3 is 0 Å². The largest absolute Gasteiger partial charge is 0.380 e. The molecular weight excluding hydrogens is 212 g/mol. The first-order chi connectivity index (χ1) is 7.95. The number of rotatable bonds is 5. The molecule has 102 valence electrons. The average molecular weight is 242 g/mol. The van der Waals surface area contributed by atoms with Gasteiger partial charge in [0, 0.05) is 19.7 Å². The van der Waals surface area contributed by atoms with Crippen molar-refractivity contribution in [3.8, 4) is 0 Å². The van der Waals surface area contributed by atoms with Gasteiger partial charge in [-0.1, -0.05) is 6.92 Å². The van der Waals surface area contributed by atoms with Crippen molar-refractivity contribution in [1.82, 2.24) is 4.90 Å². The highest BCUT2D eigenvalue weighted by Crippen LogP contribution is 2.31. The van der Waals surface area contributed by atoms with Crippen molar-refractivity contribution in [3.05, 3.63) is 0 Å². The second-order valence-electron chi connectivity index (χ2n) is 5.96. The molecule has 0 aromatic carbocycles. The van der Waals surface area contributed by atoms with Crippen molar-refractivity contribution in [2.24, 2.45) is 11.7 Å². The molecule has 17 heavy (non-hydrogen) atoms. The van der Waals surface area contributed by atoms with Crippen LogP contribution in [-0.2, 0) is 4.74 Å². The Hall–Kier alpha value is -0.120. The van der Waals surface area contributed by atoms with Crippen molar-refractivity contribution in [3.63, 3.8) is 0 Å². The van der Waals surface area contributed by atoms with Crippen LogP contribution < -0.4 is 5.73 Å². The van der Waals surface area contributed by atoms with Crippen LogP contribution in [0.4, 0.5) is 0 Å². The van der Waals surface area contributed by atoms with E-state index in [-0.39, 0.29) is 11.6 Å². The first-order valence-electron chi connectivity index (χ1n) is 6.91. The molecule has 1 aliphatic rings. The molecule has 1 saturated carbocycles. The Labute approximate surface area is 107 Å². The van der Waals surface area contributed by atoms with E-state index in [0.29, 0.717) is 12.6 Å². The number of nitrogens with two attached hydrogens (primary N) is 1. The van der Waals surface area contributed by atoms with Gasteiger partial charge in [0.05, 0.1) is 11.6 Å². The van der Waals surface area contributed by atoms with E-state index in [0.717, 1.165) is 5.92 Å². The summed E-state index contributed by atoms with van der Waals surface area (Å²) in [5.74, 6) is 0.892. The van der Waals surface area contributed by atoms with Gasteiger partial charge in [0.1, 0.15) is 0 Å². The molecule has 1 aliphatic carbocycles. The zero-order valence-electron chi connectivity index (χ0n) is 12.2. The second kappa shape index (κ2) is 6.17. The molecule has 3 heteroatoms. The highest BCUT2D eigenvalue weighted by Gasteiger charge is 2.38. The molecule has 0 heterocycles. The summed E-state index contributed by atoms with van der Waals surface area (Å²) in [4.78, 5) is 2.47. The molecule has 0 aliphatic heterocycles. The molecule has 0 radical (unpaired) electrons. The maximum Gasteiger partial charge on any atom is 0.0736 e. The summed E-state index contributed by atoms with van der Waals surface area (Å²) in [5, 5.41) is 0. The van der Waals surface area contributed by atoms with Gasteiger partial charge in [-0.2, -0.15) is 0 Å². The third kappa shape index (κ3) is 3.21. The topological polar surface area (TPSA) is 38.5 Å². The summed E-state index contributed by atoms with van der Waals surface area (Å²) in [6, 6.07) is 0.664. The van der Waals surface area contributed by atoms with Gasteiger partial charge in [-0.25, -0.2) is 0 Å². The van der Waals surface area contributed by atoms with Crippen molar-refractivity contribution >= 4 is 0 Å². The molecular formula is C14H30N2O. The zero-order valence-corrected chi connectivity index (χ0v) is 12.2. The SMILES string of the molecule is COC(C)C(C)(CN)N(C)C1CCC(C)CC1. The first-order valence-corrected chi connectivity index (χ1v) is 6.91. The maximum atomic E-state index is 6.00. The normalized spacial score (nSPS) is 31.2. The predicted octanol–water partition coefficient (Wildman–Crippen LogP) is 2.25. The minimum Gasteiger partial charge on any atom is -0.380 e. The van der Waals surface area contributed by atoms with Gasteiger partial charge in [-0.3, -0.25) is 4.90 Å². The highest BCUT2D eigenvalue weighted by molar-refractivity contribution is 4.95. The van der Waals surface area contributed by atoms with Gasteiger partial charge in [0.15, 0.2) is 0 Å². The minimum atomic E-state index is -0.0556. The molecule has 1 fully saturated rings. The lowest BCUT2D eigenvalue weighted by Crippen LogP contribution is -2.60. The Bertz CT molecular complexity index is 226. The van der Waals surface area contributed by atoms with E-state index in [9.17, 15) is 0 Å². The highest BCUT2D eigenvalue weighted by atomic mass is 16.5. The molecule has 0 aromatic rings. The Morgan fingerprint density at radius 1 is 1.35 bits per heavy atom. The Morgan fingerprint density at radius 3 is 2.29 bits per heavy atom. The number of hydrogen-bond acceptors (Lipinski definition) is 3. The van der Waals surface area contributed by atoms with Gasteiger partial charge in [-0.15, -0.1) is 0 Å². The number of nitrogens with zero attached hydrogens (tertiary/aromatic N) is 1. The molecule has 2 N–H and O–H groups in total. The third-order valence-corrected chi connectivity index (χ3v) is 4.98. The van der Waals surface area contributed by atoms with Gasteiger partial charge in [0.25, 0.3) is 0 Å². The molecule has 0 aromatic heterocycles. The van der Waals surface area contributed by atoms with Crippen molar-refractivity contribution in [1.29, 1.82) is 0 Å². The zero-order chi connectivity index (χ0) is 13.1. The van der Waals surface area contributed by atoms with E-state index in [2.05, 4.69) is 32.7 Å². The molecule has 0 amide bonds. The van der Waals surface area contributed by atoms with Crippen molar-refractivity contribution in [2.75, 3.05) is 20.7 Å².